The molecular formula is C12H20N2O2. The van der Waals surface area contributed by atoms with Crippen LogP contribution in [0.1, 0.15) is 47.3 Å². The van der Waals surface area contributed by atoms with Crippen molar-refractivity contribution >= 4 is 11.7 Å². The van der Waals surface area contributed by atoms with Gasteiger partial charge < -0.3 is 9.84 Å². The largest absolute Gasteiger partial charge is 0.359 e. The van der Waals surface area contributed by atoms with Crippen molar-refractivity contribution in [2.24, 2.45) is 5.41 Å². The summed E-state index contributed by atoms with van der Waals surface area (Å²) in [4.78, 5) is 11.7. The Hall–Kier alpha value is -1.32. The van der Waals surface area contributed by atoms with Gasteiger partial charge in [0.2, 0.25) is 5.91 Å². The highest BCUT2D eigenvalue weighted by molar-refractivity contribution is 5.93. The molecule has 0 aliphatic rings. The van der Waals surface area contributed by atoms with E-state index in [1.54, 1.807) is 6.07 Å². The van der Waals surface area contributed by atoms with Crippen LogP contribution >= 0.6 is 0 Å². The van der Waals surface area contributed by atoms with Crippen molar-refractivity contribution in [3.63, 3.8) is 0 Å². The third-order valence-corrected chi connectivity index (χ3v) is 2.17. The summed E-state index contributed by atoms with van der Waals surface area (Å²) in [6, 6.07) is 1.77. The number of anilines is 1. The van der Waals surface area contributed by atoms with Crippen LogP contribution in [0.25, 0.3) is 0 Å². The smallest absolute Gasteiger partial charge is 0.230 e. The second kappa shape index (κ2) is 3.92. The van der Waals surface area contributed by atoms with Crippen molar-refractivity contribution in [2.45, 2.75) is 47.0 Å². The van der Waals surface area contributed by atoms with Crippen molar-refractivity contribution < 1.29 is 9.32 Å². The molecule has 0 bridgehead atoms. The standard InChI is InChI=1S/C12H20N2O2/c1-11(2,3)8-7-9(14-16-8)13-10(15)12(4,5)6/h7H,1-6H3,(H,13,14,15). The molecule has 0 spiro atoms. The SMILES string of the molecule is CC(C)(C)C(=O)Nc1cc(C(C)(C)C)on1. The highest BCUT2D eigenvalue weighted by Gasteiger charge is 2.24. The Balaban J connectivity index is 2.78. The van der Waals surface area contributed by atoms with Gasteiger partial charge in [0, 0.05) is 16.9 Å². The second-order valence-electron chi connectivity index (χ2n) is 6.03. The first-order valence-corrected chi connectivity index (χ1v) is 5.39. The van der Waals surface area contributed by atoms with E-state index in [4.69, 9.17) is 4.52 Å². The molecule has 0 unspecified atom stereocenters. The summed E-state index contributed by atoms with van der Waals surface area (Å²) < 4.78 is 5.18. The zero-order chi connectivity index (χ0) is 12.6. The third-order valence-electron chi connectivity index (χ3n) is 2.17. The molecule has 16 heavy (non-hydrogen) atoms. The molecule has 0 aliphatic carbocycles. The van der Waals surface area contributed by atoms with Gasteiger partial charge in [-0.3, -0.25) is 4.79 Å². The van der Waals surface area contributed by atoms with Gasteiger partial charge in [-0.1, -0.05) is 46.7 Å². The van der Waals surface area contributed by atoms with E-state index in [-0.39, 0.29) is 11.3 Å². The number of amides is 1. The van der Waals surface area contributed by atoms with E-state index >= 15 is 0 Å². The summed E-state index contributed by atoms with van der Waals surface area (Å²) in [6.45, 7) is 11.7. The number of carbonyl (C=O) groups excluding carboxylic acids is 1. The maximum Gasteiger partial charge on any atom is 0.230 e. The second-order valence-corrected chi connectivity index (χ2v) is 6.03. The highest BCUT2D eigenvalue weighted by atomic mass is 16.5. The van der Waals surface area contributed by atoms with Gasteiger partial charge in [-0.15, -0.1) is 0 Å². The Bertz CT molecular complexity index is 380. The third kappa shape index (κ3) is 3.08. The average Bonchev–Trinajstić information content (AvgIpc) is 2.49. The molecule has 1 N–H and O–H groups in total. The van der Waals surface area contributed by atoms with Crippen molar-refractivity contribution in [3.8, 4) is 0 Å². The topological polar surface area (TPSA) is 55.1 Å². The van der Waals surface area contributed by atoms with Crippen LogP contribution < -0.4 is 5.32 Å². The van der Waals surface area contributed by atoms with E-state index in [0.29, 0.717) is 5.82 Å². The lowest BCUT2D eigenvalue weighted by Gasteiger charge is -2.16. The minimum atomic E-state index is -0.430. The Kier molecular flexibility index (Phi) is 3.13. The predicted octanol–water partition coefficient (Wildman–Crippen LogP) is 2.96. The number of aromatic nitrogens is 1. The molecule has 1 aromatic heterocycles. The van der Waals surface area contributed by atoms with Crippen molar-refractivity contribution in [2.75, 3.05) is 5.32 Å². The maximum absolute atomic E-state index is 11.7. The molecule has 0 radical (unpaired) electrons. The van der Waals surface area contributed by atoms with Gasteiger partial charge in [0.1, 0.15) is 5.76 Å². The summed E-state index contributed by atoms with van der Waals surface area (Å²) in [5.41, 5.74) is -0.529. The molecule has 90 valence electrons. The first-order chi connectivity index (χ1) is 7.10. The van der Waals surface area contributed by atoms with E-state index in [9.17, 15) is 4.79 Å². The lowest BCUT2D eigenvalue weighted by molar-refractivity contribution is -0.123. The fraction of sp³-hybridized carbons (Fsp3) is 0.667. The van der Waals surface area contributed by atoms with Gasteiger partial charge in [-0.05, 0) is 0 Å². The summed E-state index contributed by atoms with van der Waals surface area (Å²) in [7, 11) is 0. The fourth-order valence-corrected chi connectivity index (χ4v) is 0.991. The van der Waals surface area contributed by atoms with Gasteiger partial charge >= 0.3 is 0 Å². The molecule has 1 amide bonds. The van der Waals surface area contributed by atoms with E-state index in [2.05, 4.69) is 10.5 Å². The molecule has 0 aliphatic heterocycles. The number of hydrogen-bond donors (Lipinski definition) is 1. The van der Waals surface area contributed by atoms with Gasteiger partial charge in [0.25, 0.3) is 0 Å². The first-order valence-electron chi connectivity index (χ1n) is 5.39. The highest BCUT2D eigenvalue weighted by Crippen LogP contribution is 2.25. The first kappa shape index (κ1) is 12.7. The minimum Gasteiger partial charge on any atom is -0.359 e. The lowest BCUT2D eigenvalue weighted by atomic mass is 9.93. The Morgan fingerprint density at radius 2 is 1.81 bits per heavy atom. The van der Waals surface area contributed by atoms with Crippen LogP contribution in [-0.2, 0) is 10.2 Å². The van der Waals surface area contributed by atoms with Crippen molar-refractivity contribution in [3.05, 3.63) is 11.8 Å². The zero-order valence-electron chi connectivity index (χ0n) is 10.8. The lowest BCUT2D eigenvalue weighted by Crippen LogP contribution is -2.27. The fourth-order valence-electron chi connectivity index (χ4n) is 0.991. The molecule has 0 aromatic carbocycles. The van der Waals surface area contributed by atoms with Crippen LogP contribution in [-0.4, -0.2) is 11.1 Å². The molecular weight excluding hydrogens is 204 g/mol. The number of rotatable bonds is 1. The van der Waals surface area contributed by atoms with Gasteiger partial charge in [-0.2, -0.15) is 0 Å². The van der Waals surface area contributed by atoms with Crippen LogP contribution in [0.4, 0.5) is 5.82 Å². The number of carbonyl (C=O) groups is 1. The Morgan fingerprint density at radius 3 is 2.19 bits per heavy atom. The number of hydrogen-bond acceptors (Lipinski definition) is 3. The van der Waals surface area contributed by atoms with E-state index in [1.165, 1.54) is 0 Å². The quantitative estimate of drug-likeness (QED) is 0.797. The Morgan fingerprint density at radius 1 is 1.25 bits per heavy atom. The molecule has 1 rings (SSSR count). The molecule has 1 heterocycles. The van der Waals surface area contributed by atoms with Gasteiger partial charge in [0.05, 0.1) is 0 Å². The molecule has 0 saturated heterocycles. The van der Waals surface area contributed by atoms with Crippen LogP contribution in [0.5, 0.6) is 0 Å². The number of nitrogens with one attached hydrogen (secondary N) is 1. The summed E-state index contributed by atoms with van der Waals surface area (Å²) in [5, 5.41) is 6.56. The van der Waals surface area contributed by atoms with E-state index in [0.717, 1.165) is 5.76 Å². The van der Waals surface area contributed by atoms with E-state index < -0.39 is 5.41 Å². The molecule has 0 atom stereocenters. The monoisotopic (exact) mass is 224 g/mol. The van der Waals surface area contributed by atoms with Crippen LogP contribution in [0.15, 0.2) is 10.6 Å². The van der Waals surface area contributed by atoms with Crippen LogP contribution in [0.2, 0.25) is 0 Å². The summed E-state index contributed by atoms with van der Waals surface area (Å²) in [6.07, 6.45) is 0. The molecule has 0 fully saturated rings. The Labute approximate surface area is 96.4 Å². The molecule has 1 aromatic rings. The molecule has 4 heteroatoms. The van der Waals surface area contributed by atoms with Crippen molar-refractivity contribution in [1.29, 1.82) is 0 Å². The van der Waals surface area contributed by atoms with Gasteiger partial charge in [0.15, 0.2) is 5.82 Å². The maximum atomic E-state index is 11.7. The van der Waals surface area contributed by atoms with Gasteiger partial charge in [-0.25, -0.2) is 0 Å². The molecule has 0 saturated carbocycles. The van der Waals surface area contributed by atoms with Crippen LogP contribution in [0, 0.1) is 5.41 Å². The van der Waals surface area contributed by atoms with Crippen LogP contribution in [0.3, 0.4) is 0 Å². The average molecular weight is 224 g/mol. The number of nitrogens with zero attached hydrogens (tertiary/aromatic N) is 1. The zero-order valence-corrected chi connectivity index (χ0v) is 10.8. The van der Waals surface area contributed by atoms with Crippen molar-refractivity contribution in [1.82, 2.24) is 5.16 Å². The minimum absolute atomic E-state index is 0.0683. The normalized spacial score (nSPS) is 12.6. The van der Waals surface area contributed by atoms with E-state index in [1.807, 2.05) is 41.5 Å². The summed E-state index contributed by atoms with van der Waals surface area (Å²) >= 11 is 0. The molecule has 4 nitrogen and oxygen atoms in total. The summed E-state index contributed by atoms with van der Waals surface area (Å²) in [5.74, 6) is 1.17. The predicted molar refractivity (Wildman–Crippen MR) is 63.3 cm³/mol.